The molecule has 0 atom stereocenters. The molecule has 2 heterocycles. The molecule has 0 saturated carbocycles. The molecule has 1 aliphatic heterocycles. The summed E-state index contributed by atoms with van der Waals surface area (Å²) in [5.74, 6) is -0.796. The van der Waals surface area contributed by atoms with E-state index in [4.69, 9.17) is 23.2 Å². The second-order valence-corrected chi connectivity index (χ2v) is 8.43. The van der Waals surface area contributed by atoms with Gasteiger partial charge in [-0.25, -0.2) is 4.90 Å². The molecule has 0 saturated heterocycles. The summed E-state index contributed by atoms with van der Waals surface area (Å²) in [4.78, 5) is 28.7. The van der Waals surface area contributed by atoms with Crippen LogP contribution in [0.15, 0.2) is 59.6 Å². The average molecular weight is 443 g/mol. The summed E-state index contributed by atoms with van der Waals surface area (Å²) in [5.41, 5.74) is 3.31. The molecule has 29 heavy (non-hydrogen) atoms. The van der Waals surface area contributed by atoms with Crippen LogP contribution in [0.3, 0.4) is 0 Å². The van der Waals surface area contributed by atoms with E-state index in [1.165, 1.54) is 16.2 Å². The quantitative estimate of drug-likeness (QED) is 0.498. The van der Waals surface area contributed by atoms with E-state index in [9.17, 15) is 9.59 Å². The number of halogens is 2. The van der Waals surface area contributed by atoms with Crippen LogP contribution in [0.1, 0.15) is 16.0 Å². The van der Waals surface area contributed by atoms with Crippen molar-refractivity contribution in [2.24, 2.45) is 0 Å². The van der Waals surface area contributed by atoms with Crippen LogP contribution in [-0.2, 0) is 9.59 Å². The van der Waals surface area contributed by atoms with E-state index >= 15 is 0 Å². The van der Waals surface area contributed by atoms with Gasteiger partial charge < -0.3 is 5.32 Å². The molecule has 0 spiro atoms. The topological polar surface area (TPSA) is 49.4 Å². The van der Waals surface area contributed by atoms with Gasteiger partial charge in [0.1, 0.15) is 5.70 Å². The minimum absolute atomic E-state index is 0.238. The number of carbonyl (C=O) groups excluding carboxylic acids is 2. The zero-order valence-electron chi connectivity index (χ0n) is 15.6. The normalized spacial score (nSPS) is 14.1. The Hall–Kier alpha value is -2.60. The Bertz CT molecular complexity index is 1170. The lowest BCUT2D eigenvalue weighted by molar-refractivity contribution is -0.120. The van der Waals surface area contributed by atoms with E-state index in [1.807, 2.05) is 24.4 Å². The predicted octanol–water partition coefficient (Wildman–Crippen LogP) is 6.07. The molecule has 0 radical (unpaired) electrons. The number of rotatable bonds is 4. The van der Waals surface area contributed by atoms with Crippen LogP contribution < -0.4 is 10.2 Å². The maximum Gasteiger partial charge on any atom is 0.282 e. The number of nitrogens with zero attached hydrogens (tertiary/aromatic N) is 1. The molecule has 0 fully saturated rings. The van der Waals surface area contributed by atoms with Crippen molar-refractivity contribution < 1.29 is 9.59 Å². The van der Waals surface area contributed by atoms with Crippen LogP contribution in [0.4, 0.5) is 11.4 Å². The lowest BCUT2D eigenvalue weighted by atomic mass is 10.1. The smallest absolute Gasteiger partial charge is 0.282 e. The second kappa shape index (κ2) is 7.67. The Balaban J connectivity index is 1.84. The zero-order valence-corrected chi connectivity index (χ0v) is 18.0. The average Bonchev–Trinajstić information content (AvgIpc) is 3.27. The van der Waals surface area contributed by atoms with Crippen molar-refractivity contribution in [3.63, 3.8) is 0 Å². The molecule has 0 bridgehead atoms. The number of thiophene rings is 1. The van der Waals surface area contributed by atoms with Crippen LogP contribution in [0.2, 0.25) is 10.0 Å². The maximum absolute atomic E-state index is 13.4. The van der Waals surface area contributed by atoms with Crippen LogP contribution in [0.5, 0.6) is 0 Å². The van der Waals surface area contributed by atoms with Gasteiger partial charge in [-0.15, -0.1) is 11.3 Å². The SMILES string of the molecule is Cc1cc(Cl)ccc1NC1=C(c2cccs2)C(=O)N(c2cccc(Cl)c2C)C1=O. The number of nitrogens with one attached hydrogen (secondary N) is 1. The first-order valence-corrected chi connectivity index (χ1v) is 10.5. The first-order valence-electron chi connectivity index (χ1n) is 8.83. The van der Waals surface area contributed by atoms with Gasteiger partial charge in [-0.2, -0.15) is 0 Å². The molecule has 7 heteroatoms. The van der Waals surface area contributed by atoms with Crippen molar-refractivity contribution in [1.29, 1.82) is 0 Å². The lowest BCUT2D eigenvalue weighted by Gasteiger charge is -2.18. The summed E-state index contributed by atoms with van der Waals surface area (Å²) in [6.45, 7) is 3.68. The predicted molar refractivity (Wildman–Crippen MR) is 120 cm³/mol. The van der Waals surface area contributed by atoms with E-state index < -0.39 is 5.91 Å². The minimum Gasteiger partial charge on any atom is -0.350 e. The van der Waals surface area contributed by atoms with Crippen LogP contribution in [0.25, 0.3) is 5.57 Å². The number of carbonyl (C=O) groups is 2. The monoisotopic (exact) mass is 442 g/mol. The van der Waals surface area contributed by atoms with Crippen molar-refractivity contribution in [3.8, 4) is 0 Å². The van der Waals surface area contributed by atoms with E-state index in [-0.39, 0.29) is 11.6 Å². The number of hydrogen-bond donors (Lipinski definition) is 1. The third-order valence-corrected chi connectivity index (χ3v) is 6.31. The van der Waals surface area contributed by atoms with Gasteiger partial charge in [-0.05, 0) is 66.8 Å². The molecule has 0 unspecified atom stereocenters. The molecule has 4 nitrogen and oxygen atoms in total. The third-order valence-electron chi connectivity index (χ3n) is 4.78. The van der Waals surface area contributed by atoms with Crippen molar-refractivity contribution >= 4 is 63.3 Å². The number of amides is 2. The summed E-state index contributed by atoms with van der Waals surface area (Å²) < 4.78 is 0. The van der Waals surface area contributed by atoms with Crippen molar-refractivity contribution in [2.75, 3.05) is 10.2 Å². The van der Waals surface area contributed by atoms with Crippen LogP contribution in [-0.4, -0.2) is 11.8 Å². The molecule has 4 rings (SSSR count). The number of aryl methyl sites for hydroxylation is 1. The lowest BCUT2D eigenvalue weighted by Crippen LogP contribution is -2.33. The first-order chi connectivity index (χ1) is 13.9. The van der Waals surface area contributed by atoms with Crippen molar-refractivity contribution in [2.45, 2.75) is 13.8 Å². The molecule has 0 aliphatic carbocycles. The van der Waals surface area contributed by atoms with E-state index in [2.05, 4.69) is 5.32 Å². The first kappa shape index (κ1) is 19.7. The number of imide groups is 1. The van der Waals surface area contributed by atoms with Crippen molar-refractivity contribution in [3.05, 3.63) is 85.7 Å². The Morgan fingerprint density at radius 2 is 1.76 bits per heavy atom. The Morgan fingerprint density at radius 3 is 2.45 bits per heavy atom. The van der Waals surface area contributed by atoms with Gasteiger partial charge in [0.2, 0.25) is 0 Å². The summed E-state index contributed by atoms with van der Waals surface area (Å²) >= 11 is 13.7. The molecule has 2 aromatic carbocycles. The summed E-state index contributed by atoms with van der Waals surface area (Å²) in [7, 11) is 0. The Morgan fingerprint density at radius 1 is 0.966 bits per heavy atom. The van der Waals surface area contributed by atoms with Gasteiger partial charge in [0.05, 0.1) is 11.3 Å². The highest BCUT2D eigenvalue weighted by Crippen LogP contribution is 2.38. The van der Waals surface area contributed by atoms with E-state index in [0.29, 0.717) is 32.6 Å². The fourth-order valence-corrected chi connectivity index (χ4v) is 4.42. The van der Waals surface area contributed by atoms with Gasteiger partial charge >= 0.3 is 0 Å². The summed E-state index contributed by atoms with van der Waals surface area (Å²) in [6.07, 6.45) is 0. The third kappa shape index (κ3) is 3.46. The number of anilines is 2. The Labute approximate surface area is 182 Å². The van der Waals surface area contributed by atoms with Gasteiger partial charge in [-0.1, -0.05) is 35.3 Å². The molecule has 1 aliphatic rings. The standard InChI is InChI=1S/C22H16Cl2N2O2S/c1-12-11-14(23)8-9-16(12)25-20-19(18-7-4-10-29-18)21(27)26(22(20)28)17-6-3-5-15(24)13(17)2/h3-11,25H,1-2H3. The fraction of sp³-hybridized carbons (Fsp3) is 0.0909. The number of benzene rings is 2. The molecule has 2 amide bonds. The van der Waals surface area contributed by atoms with Crippen LogP contribution in [0, 0.1) is 13.8 Å². The van der Waals surface area contributed by atoms with Gasteiger partial charge in [0.25, 0.3) is 11.8 Å². The van der Waals surface area contributed by atoms with Gasteiger partial charge in [-0.3, -0.25) is 9.59 Å². The summed E-state index contributed by atoms with van der Waals surface area (Å²) in [5, 5.41) is 6.14. The highest BCUT2D eigenvalue weighted by molar-refractivity contribution is 7.11. The van der Waals surface area contributed by atoms with E-state index in [0.717, 1.165) is 10.4 Å². The fourth-order valence-electron chi connectivity index (χ4n) is 3.25. The largest absolute Gasteiger partial charge is 0.350 e. The minimum atomic E-state index is -0.418. The van der Waals surface area contributed by atoms with Gasteiger partial charge in [0.15, 0.2) is 0 Å². The zero-order chi connectivity index (χ0) is 20.7. The maximum atomic E-state index is 13.4. The molecular formula is C22H16Cl2N2O2S. The molecule has 1 aromatic heterocycles. The van der Waals surface area contributed by atoms with Crippen LogP contribution >= 0.6 is 34.5 Å². The molecular weight excluding hydrogens is 427 g/mol. The van der Waals surface area contributed by atoms with Gasteiger partial charge in [0, 0.05) is 20.6 Å². The molecule has 146 valence electrons. The molecule has 1 N–H and O–H groups in total. The summed E-state index contributed by atoms with van der Waals surface area (Å²) in [6, 6.07) is 14.2. The highest BCUT2D eigenvalue weighted by Gasteiger charge is 2.41. The van der Waals surface area contributed by atoms with Crippen molar-refractivity contribution in [1.82, 2.24) is 0 Å². The highest BCUT2D eigenvalue weighted by atomic mass is 35.5. The number of hydrogen-bond acceptors (Lipinski definition) is 4. The van der Waals surface area contributed by atoms with E-state index in [1.54, 1.807) is 43.3 Å². The molecule has 3 aromatic rings. The Kier molecular flexibility index (Phi) is 5.21. The second-order valence-electron chi connectivity index (χ2n) is 6.64.